The molecule has 29 heavy (non-hydrogen) atoms. The van der Waals surface area contributed by atoms with Crippen molar-refractivity contribution in [1.82, 2.24) is 15.5 Å². The zero-order valence-electron chi connectivity index (χ0n) is 17.2. The fourth-order valence-corrected chi connectivity index (χ4v) is 3.38. The van der Waals surface area contributed by atoms with E-state index in [2.05, 4.69) is 15.6 Å². The van der Waals surface area contributed by atoms with Gasteiger partial charge in [-0.05, 0) is 61.1 Å². The Bertz CT molecular complexity index is 858. The first-order valence-corrected chi connectivity index (χ1v) is 10.1. The van der Waals surface area contributed by atoms with Gasteiger partial charge in [0.1, 0.15) is 5.82 Å². The number of benzene rings is 2. The number of piperidine rings is 1. The third-order valence-corrected chi connectivity index (χ3v) is 5.22. The molecule has 2 aromatic rings. The van der Waals surface area contributed by atoms with Gasteiger partial charge in [-0.1, -0.05) is 24.3 Å². The number of likely N-dealkylation sites (tertiary alicyclic amines) is 1. The lowest BCUT2D eigenvalue weighted by molar-refractivity contribution is 0.0724. The summed E-state index contributed by atoms with van der Waals surface area (Å²) >= 11 is 0. The molecule has 1 fully saturated rings. The Kier molecular flexibility index (Phi) is 7.22. The molecular formula is C23H29FN4O. The van der Waals surface area contributed by atoms with E-state index in [1.807, 2.05) is 35.2 Å². The number of aliphatic imine (C=N–C) groups is 1. The number of carbonyl (C=O) groups excluding carboxylic acids is 1. The lowest BCUT2D eigenvalue weighted by atomic mass is 10.1. The van der Waals surface area contributed by atoms with Gasteiger partial charge in [-0.15, -0.1) is 0 Å². The van der Waals surface area contributed by atoms with E-state index in [0.717, 1.165) is 42.6 Å². The molecule has 6 heteroatoms. The van der Waals surface area contributed by atoms with Crippen LogP contribution >= 0.6 is 0 Å². The van der Waals surface area contributed by atoms with Gasteiger partial charge >= 0.3 is 0 Å². The molecule has 0 bridgehead atoms. The number of halogens is 1. The van der Waals surface area contributed by atoms with E-state index in [4.69, 9.17) is 0 Å². The van der Waals surface area contributed by atoms with Crippen LogP contribution in [0.5, 0.6) is 0 Å². The summed E-state index contributed by atoms with van der Waals surface area (Å²) < 4.78 is 13.7. The molecule has 2 aromatic carbocycles. The molecule has 1 saturated heterocycles. The molecule has 1 aliphatic heterocycles. The molecule has 0 radical (unpaired) electrons. The number of guanidine groups is 1. The summed E-state index contributed by atoms with van der Waals surface area (Å²) in [6.07, 6.45) is 3.40. The highest BCUT2D eigenvalue weighted by atomic mass is 19.1. The van der Waals surface area contributed by atoms with Crippen LogP contribution < -0.4 is 10.6 Å². The monoisotopic (exact) mass is 396 g/mol. The van der Waals surface area contributed by atoms with Gasteiger partial charge in [-0.2, -0.15) is 0 Å². The number of hydrogen-bond donors (Lipinski definition) is 2. The van der Waals surface area contributed by atoms with Crippen LogP contribution in [-0.4, -0.2) is 36.9 Å². The van der Waals surface area contributed by atoms with E-state index >= 15 is 0 Å². The van der Waals surface area contributed by atoms with Crippen molar-refractivity contribution in [3.05, 3.63) is 70.5 Å². The number of nitrogens with one attached hydrogen (secondary N) is 2. The minimum atomic E-state index is -0.202. The lowest BCUT2D eigenvalue weighted by Gasteiger charge is -2.26. The van der Waals surface area contributed by atoms with Crippen LogP contribution in [0.1, 0.15) is 46.3 Å². The van der Waals surface area contributed by atoms with E-state index in [0.29, 0.717) is 24.6 Å². The van der Waals surface area contributed by atoms with Gasteiger partial charge in [0.05, 0.1) is 0 Å². The summed E-state index contributed by atoms with van der Waals surface area (Å²) in [5, 5.41) is 6.43. The Balaban J connectivity index is 1.50. The van der Waals surface area contributed by atoms with Gasteiger partial charge < -0.3 is 15.5 Å². The summed E-state index contributed by atoms with van der Waals surface area (Å²) in [5.74, 6) is 0.554. The first kappa shape index (κ1) is 20.8. The highest BCUT2D eigenvalue weighted by molar-refractivity contribution is 5.94. The van der Waals surface area contributed by atoms with Crippen LogP contribution in [0.4, 0.5) is 4.39 Å². The maximum Gasteiger partial charge on any atom is 0.253 e. The zero-order chi connectivity index (χ0) is 20.6. The first-order chi connectivity index (χ1) is 14.1. The van der Waals surface area contributed by atoms with Crippen LogP contribution in [0.25, 0.3) is 0 Å². The molecule has 1 aliphatic rings. The van der Waals surface area contributed by atoms with E-state index in [1.54, 1.807) is 20.0 Å². The largest absolute Gasteiger partial charge is 0.352 e. The van der Waals surface area contributed by atoms with E-state index in [1.165, 1.54) is 12.5 Å². The molecular weight excluding hydrogens is 367 g/mol. The Morgan fingerprint density at radius 1 is 1.00 bits per heavy atom. The molecule has 0 spiro atoms. The Morgan fingerprint density at radius 2 is 1.62 bits per heavy atom. The maximum atomic E-state index is 13.7. The van der Waals surface area contributed by atoms with Gasteiger partial charge in [-0.3, -0.25) is 9.79 Å². The second kappa shape index (κ2) is 10.0. The molecule has 0 atom stereocenters. The van der Waals surface area contributed by atoms with E-state index < -0.39 is 0 Å². The first-order valence-electron chi connectivity index (χ1n) is 10.1. The molecule has 0 aromatic heterocycles. The lowest BCUT2D eigenvalue weighted by Crippen LogP contribution is -2.36. The quantitative estimate of drug-likeness (QED) is 0.599. The van der Waals surface area contributed by atoms with Gasteiger partial charge in [-0.25, -0.2) is 4.39 Å². The van der Waals surface area contributed by atoms with Crippen LogP contribution in [-0.2, 0) is 13.1 Å². The SMILES string of the molecule is CN=C(NCc1ccc(C(=O)N2CCCCC2)cc1)NCc1ccc(C)c(F)c1. The predicted octanol–water partition coefficient (Wildman–Crippen LogP) is 3.63. The maximum absolute atomic E-state index is 13.7. The van der Waals surface area contributed by atoms with Crippen molar-refractivity contribution in [3.63, 3.8) is 0 Å². The van der Waals surface area contributed by atoms with Crippen LogP contribution in [0, 0.1) is 12.7 Å². The van der Waals surface area contributed by atoms with Crippen molar-refractivity contribution in [2.45, 2.75) is 39.3 Å². The number of amides is 1. The molecule has 1 amide bonds. The standard InChI is InChI=1S/C23H29FN4O/c1-17-6-7-19(14-21(17)24)16-27-23(25-2)26-15-18-8-10-20(11-9-18)22(29)28-12-4-3-5-13-28/h6-11,14H,3-5,12-13,15-16H2,1-2H3,(H2,25,26,27). The average Bonchev–Trinajstić information content (AvgIpc) is 2.76. The van der Waals surface area contributed by atoms with Crippen molar-refractivity contribution in [2.24, 2.45) is 4.99 Å². The smallest absolute Gasteiger partial charge is 0.253 e. The van der Waals surface area contributed by atoms with Crippen LogP contribution in [0.3, 0.4) is 0 Å². The number of rotatable bonds is 5. The summed E-state index contributed by atoms with van der Waals surface area (Å²) in [4.78, 5) is 18.7. The molecule has 1 heterocycles. The molecule has 5 nitrogen and oxygen atoms in total. The fraction of sp³-hybridized carbons (Fsp3) is 0.391. The van der Waals surface area contributed by atoms with Crippen LogP contribution in [0.2, 0.25) is 0 Å². The number of hydrogen-bond acceptors (Lipinski definition) is 2. The van der Waals surface area contributed by atoms with E-state index in [-0.39, 0.29) is 11.7 Å². The summed E-state index contributed by atoms with van der Waals surface area (Å²) in [7, 11) is 1.70. The van der Waals surface area contributed by atoms with Gasteiger partial charge in [0.25, 0.3) is 5.91 Å². The fourth-order valence-electron chi connectivity index (χ4n) is 3.38. The highest BCUT2D eigenvalue weighted by Crippen LogP contribution is 2.14. The van der Waals surface area contributed by atoms with Crippen molar-refractivity contribution >= 4 is 11.9 Å². The van der Waals surface area contributed by atoms with Gasteiger partial charge in [0.15, 0.2) is 5.96 Å². The van der Waals surface area contributed by atoms with E-state index in [9.17, 15) is 9.18 Å². The van der Waals surface area contributed by atoms with Gasteiger partial charge in [0, 0.05) is 38.8 Å². The summed E-state index contributed by atoms with van der Waals surface area (Å²) in [5.41, 5.74) is 3.29. The summed E-state index contributed by atoms with van der Waals surface area (Å²) in [6, 6.07) is 12.9. The molecule has 0 unspecified atom stereocenters. The minimum absolute atomic E-state index is 0.118. The average molecular weight is 397 g/mol. The third-order valence-electron chi connectivity index (χ3n) is 5.22. The second-order valence-corrected chi connectivity index (χ2v) is 7.41. The molecule has 3 rings (SSSR count). The number of nitrogens with zero attached hydrogens (tertiary/aromatic N) is 2. The highest BCUT2D eigenvalue weighted by Gasteiger charge is 2.17. The van der Waals surface area contributed by atoms with Crippen molar-refractivity contribution in [3.8, 4) is 0 Å². The number of carbonyl (C=O) groups is 1. The normalized spacial score (nSPS) is 14.6. The van der Waals surface area contributed by atoms with Crippen molar-refractivity contribution in [1.29, 1.82) is 0 Å². The predicted molar refractivity (Wildman–Crippen MR) is 114 cm³/mol. The minimum Gasteiger partial charge on any atom is -0.352 e. The van der Waals surface area contributed by atoms with Crippen molar-refractivity contribution in [2.75, 3.05) is 20.1 Å². The molecule has 0 saturated carbocycles. The second-order valence-electron chi connectivity index (χ2n) is 7.41. The molecule has 0 aliphatic carbocycles. The summed E-state index contributed by atoms with van der Waals surface area (Å²) in [6.45, 7) is 4.53. The van der Waals surface area contributed by atoms with Crippen LogP contribution in [0.15, 0.2) is 47.5 Å². The van der Waals surface area contributed by atoms with Gasteiger partial charge in [0.2, 0.25) is 0 Å². The Hall–Kier alpha value is -2.89. The number of aryl methyl sites for hydroxylation is 1. The molecule has 154 valence electrons. The van der Waals surface area contributed by atoms with Crippen molar-refractivity contribution < 1.29 is 9.18 Å². The Labute approximate surface area is 172 Å². The zero-order valence-corrected chi connectivity index (χ0v) is 17.2. The Morgan fingerprint density at radius 3 is 2.24 bits per heavy atom. The third kappa shape index (κ3) is 5.79. The topological polar surface area (TPSA) is 56.7 Å². The molecule has 2 N–H and O–H groups in total.